The van der Waals surface area contributed by atoms with Crippen molar-refractivity contribution in [2.45, 2.75) is 13.3 Å². The first kappa shape index (κ1) is 29.5. The van der Waals surface area contributed by atoms with E-state index >= 15 is 0 Å². The van der Waals surface area contributed by atoms with Crippen molar-refractivity contribution in [1.82, 2.24) is 4.57 Å². The summed E-state index contributed by atoms with van der Waals surface area (Å²) in [7, 11) is 0. The van der Waals surface area contributed by atoms with Gasteiger partial charge in [-0.05, 0) is 98.8 Å². The van der Waals surface area contributed by atoms with Gasteiger partial charge in [-0.15, -0.1) is 0 Å². The number of hydrogen-bond donors (Lipinski definition) is 0. The monoisotopic (exact) mass is 652 g/mol. The highest BCUT2D eigenvalue weighted by Gasteiger charge is 2.21. The molecule has 0 saturated heterocycles. The molecule has 1 aliphatic carbocycles. The molecule has 0 amide bonds. The molecule has 0 aliphatic heterocycles. The van der Waals surface area contributed by atoms with Crippen molar-refractivity contribution in [3.05, 3.63) is 188 Å². The van der Waals surface area contributed by atoms with Crippen molar-refractivity contribution in [3.8, 4) is 5.69 Å². The summed E-state index contributed by atoms with van der Waals surface area (Å²) >= 11 is 0. The Morgan fingerprint density at radius 1 is 0.510 bits per heavy atom. The molecule has 1 aliphatic rings. The topological polar surface area (TPSA) is 8.17 Å². The van der Waals surface area contributed by atoms with E-state index in [1.807, 2.05) is 0 Å². The third kappa shape index (κ3) is 4.87. The van der Waals surface area contributed by atoms with Crippen LogP contribution in [-0.4, -0.2) is 4.57 Å². The van der Waals surface area contributed by atoms with Crippen molar-refractivity contribution in [2.75, 3.05) is 4.90 Å². The molecule has 0 N–H and O–H groups in total. The maximum atomic E-state index is 2.47. The second kappa shape index (κ2) is 11.9. The number of nitrogens with zero attached hydrogens (tertiary/aromatic N) is 2. The zero-order chi connectivity index (χ0) is 33.9. The molecule has 0 fully saturated rings. The van der Waals surface area contributed by atoms with Gasteiger partial charge in [-0.2, -0.15) is 0 Å². The predicted molar refractivity (Wildman–Crippen MR) is 219 cm³/mol. The summed E-state index contributed by atoms with van der Waals surface area (Å²) in [6.45, 7) is 2.28. The Morgan fingerprint density at radius 2 is 1.14 bits per heavy atom. The molecule has 0 spiro atoms. The molecule has 1 aromatic heterocycles. The Hall–Kier alpha value is -6.38. The summed E-state index contributed by atoms with van der Waals surface area (Å²) in [5.41, 5.74) is 9.46. The molecule has 0 radical (unpaired) electrons. The van der Waals surface area contributed by atoms with Gasteiger partial charge in [-0.3, -0.25) is 0 Å². The van der Waals surface area contributed by atoms with Crippen LogP contribution >= 0.6 is 0 Å². The molecule has 2 heteroatoms. The second-order valence-corrected chi connectivity index (χ2v) is 13.8. The summed E-state index contributed by atoms with van der Waals surface area (Å²) in [4.78, 5) is 2.47. The van der Waals surface area contributed by atoms with E-state index in [2.05, 4.69) is 198 Å². The van der Waals surface area contributed by atoms with Crippen LogP contribution in [0.5, 0.6) is 0 Å². The Kier molecular flexibility index (Phi) is 6.89. The standard InChI is InChI=1S/C49H36N2/c1-33-19-21-35(22-20-33)41-15-7-9-17-47(41)50(38-26-23-36-25-28-42-40-14-6-5-11-34(40)24-29-43(42)46(36)31-38)39-27-30-45-44-16-8-10-18-48(44)51(49(45)32-39)37-12-3-2-4-13-37/h2-19,21-33H,20H2,1H3. The lowest BCUT2D eigenvalue weighted by Crippen LogP contribution is -2.12. The number of fused-ring (bicyclic) bond motifs is 8. The fraction of sp³-hybridized carbons (Fsp3) is 0.0612. The summed E-state index contributed by atoms with van der Waals surface area (Å²) in [5, 5.41) is 10.1. The Labute approximate surface area is 297 Å². The highest BCUT2D eigenvalue weighted by Crippen LogP contribution is 2.44. The Balaban J connectivity index is 1.25. The third-order valence-electron chi connectivity index (χ3n) is 10.7. The highest BCUT2D eigenvalue weighted by molar-refractivity contribution is 6.18. The van der Waals surface area contributed by atoms with Crippen LogP contribution in [-0.2, 0) is 0 Å². The lowest BCUT2D eigenvalue weighted by molar-refractivity contribution is 0.739. The largest absolute Gasteiger partial charge is 0.310 e. The fourth-order valence-electron chi connectivity index (χ4n) is 8.17. The van der Waals surface area contributed by atoms with Gasteiger partial charge in [-0.25, -0.2) is 0 Å². The lowest BCUT2D eigenvalue weighted by atomic mass is 9.92. The maximum Gasteiger partial charge on any atom is 0.0561 e. The zero-order valence-corrected chi connectivity index (χ0v) is 28.5. The van der Waals surface area contributed by atoms with Gasteiger partial charge in [0.1, 0.15) is 0 Å². The molecule has 8 aromatic carbocycles. The number of aromatic nitrogens is 1. The van der Waals surface area contributed by atoms with Crippen molar-refractivity contribution < 1.29 is 0 Å². The van der Waals surface area contributed by atoms with Crippen molar-refractivity contribution in [1.29, 1.82) is 0 Å². The molecule has 2 nitrogen and oxygen atoms in total. The lowest BCUT2D eigenvalue weighted by Gasteiger charge is -2.29. The van der Waals surface area contributed by atoms with Crippen molar-refractivity contribution in [3.63, 3.8) is 0 Å². The molecule has 10 rings (SSSR count). The van der Waals surface area contributed by atoms with E-state index < -0.39 is 0 Å². The van der Waals surface area contributed by atoms with Gasteiger partial charge in [0.25, 0.3) is 0 Å². The summed E-state index contributed by atoms with van der Waals surface area (Å²) in [6, 6.07) is 60.2. The van der Waals surface area contributed by atoms with Crippen LogP contribution in [0.4, 0.5) is 17.1 Å². The molecular weight excluding hydrogens is 617 g/mol. The first-order valence-electron chi connectivity index (χ1n) is 17.9. The Bertz CT molecular complexity index is 2850. The summed E-state index contributed by atoms with van der Waals surface area (Å²) in [6.07, 6.45) is 8.09. The molecule has 1 heterocycles. The minimum absolute atomic E-state index is 0.546. The van der Waals surface area contributed by atoms with Crippen LogP contribution < -0.4 is 4.90 Å². The number of benzene rings is 8. The van der Waals surface area contributed by atoms with Gasteiger partial charge in [0, 0.05) is 33.4 Å². The van der Waals surface area contributed by atoms with Crippen LogP contribution in [0, 0.1) is 5.92 Å². The first-order valence-corrected chi connectivity index (χ1v) is 17.9. The van der Waals surface area contributed by atoms with Crippen LogP contribution in [0.2, 0.25) is 0 Å². The molecule has 9 aromatic rings. The van der Waals surface area contributed by atoms with Crippen LogP contribution in [0.25, 0.3) is 65.4 Å². The molecule has 1 atom stereocenters. The van der Waals surface area contributed by atoms with Crippen molar-refractivity contribution in [2.24, 2.45) is 5.92 Å². The second-order valence-electron chi connectivity index (χ2n) is 13.8. The number of anilines is 3. The predicted octanol–water partition coefficient (Wildman–Crippen LogP) is 13.7. The molecule has 242 valence electrons. The number of hydrogen-bond acceptors (Lipinski definition) is 1. The molecule has 0 bridgehead atoms. The van der Waals surface area contributed by atoms with Gasteiger partial charge in [0.15, 0.2) is 0 Å². The molecule has 0 saturated carbocycles. The quantitative estimate of drug-likeness (QED) is 0.168. The van der Waals surface area contributed by atoms with Crippen LogP contribution in [0.3, 0.4) is 0 Å². The first-order chi connectivity index (χ1) is 25.2. The number of para-hydroxylation sites is 3. The minimum atomic E-state index is 0.546. The van der Waals surface area contributed by atoms with Gasteiger partial charge in [0.2, 0.25) is 0 Å². The van der Waals surface area contributed by atoms with E-state index in [1.54, 1.807) is 0 Å². The molecule has 1 unspecified atom stereocenters. The third-order valence-corrected chi connectivity index (χ3v) is 10.7. The van der Waals surface area contributed by atoms with E-state index in [9.17, 15) is 0 Å². The maximum absolute atomic E-state index is 2.47. The zero-order valence-electron chi connectivity index (χ0n) is 28.5. The van der Waals surface area contributed by atoms with E-state index in [-0.39, 0.29) is 0 Å². The number of allylic oxidation sites excluding steroid dienone is 4. The summed E-state index contributed by atoms with van der Waals surface area (Å²) in [5.74, 6) is 0.546. The van der Waals surface area contributed by atoms with E-state index in [1.165, 1.54) is 65.3 Å². The van der Waals surface area contributed by atoms with E-state index in [0.29, 0.717) is 5.92 Å². The van der Waals surface area contributed by atoms with E-state index in [4.69, 9.17) is 0 Å². The average Bonchev–Trinajstić information content (AvgIpc) is 3.52. The normalized spacial score (nSPS) is 14.5. The number of rotatable bonds is 5. The van der Waals surface area contributed by atoms with Gasteiger partial charge in [0.05, 0.1) is 16.7 Å². The summed E-state index contributed by atoms with van der Waals surface area (Å²) < 4.78 is 2.41. The van der Waals surface area contributed by atoms with Gasteiger partial charge in [-0.1, -0.05) is 140 Å². The Morgan fingerprint density at radius 3 is 1.98 bits per heavy atom. The van der Waals surface area contributed by atoms with Crippen LogP contribution in [0.1, 0.15) is 18.9 Å². The SMILES string of the molecule is CC1C=CC(c2ccccc2N(c2ccc3ccc4c5ccccc5ccc4c3c2)c2ccc3c4ccccc4n(-c4ccccc4)c3c2)=CC1. The van der Waals surface area contributed by atoms with Gasteiger partial charge >= 0.3 is 0 Å². The highest BCUT2D eigenvalue weighted by atomic mass is 15.1. The van der Waals surface area contributed by atoms with Crippen LogP contribution in [0.15, 0.2) is 182 Å². The average molecular weight is 653 g/mol. The minimum Gasteiger partial charge on any atom is -0.310 e. The molecular formula is C49H36N2. The molecule has 51 heavy (non-hydrogen) atoms. The van der Waals surface area contributed by atoms with Gasteiger partial charge < -0.3 is 9.47 Å². The van der Waals surface area contributed by atoms with E-state index in [0.717, 1.165) is 29.2 Å². The smallest absolute Gasteiger partial charge is 0.0561 e. The van der Waals surface area contributed by atoms with Crippen molar-refractivity contribution >= 4 is 76.8 Å². The fourth-order valence-corrected chi connectivity index (χ4v) is 8.17.